The van der Waals surface area contributed by atoms with Gasteiger partial charge in [0, 0.05) is 17.0 Å². The molecule has 2 aromatic carbocycles. The van der Waals surface area contributed by atoms with Crippen LogP contribution < -0.4 is 4.74 Å². The lowest BCUT2D eigenvalue weighted by Crippen LogP contribution is -2.32. The molecule has 0 saturated heterocycles. The second kappa shape index (κ2) is 6.26. The molecule has 1 aliphatic carbocycles. The van der Waals surface area contributed by atoms with Crippen LogP contribution in [0.4, 0.5) is 0 Å². The highest BCUT2D eigenvalue weighted by molar-refractivity contribution is 6.27. The molecule has 0 N–H and O–H groups in total. The molecule has 5 heteroatoms. The molecule has 1 atom stereocenters. The minimum Gasteiger partial charge on any atom is -0.494 e. The Labute approximate surface area is 150 Å². The molecule has 1 heterocycles. The van der Waals surface area contributed by atoms with Crippen LogP contribution in [0.5, 0.6) is 5.75 Å². The van der Waals surface area contributed by atoms with Crippen molar-refractivity contribution in [3.63, 3.8) is 0 Å². The summed E-state index contributed by atoms with van der Waals surface area (Å²) in [4.78, 5) is 37.9. The Morgan fingerprint density at radius 1 is 0.962 bits per heavy atom. The smallest absolute Gasteiger partial charge is 0.312 e. The Morgan fingerprint density at radius 3 is 2.27 bits per heavy atom. The number of benzene rings is 2. The summed E-state index contributed by atoms with van der Waals surface area (Å²) in [7, 11) is 0. The molecular weight excluding hydrogens is 332 g/mol. The van der Waals surface area contributed by atoms with Gasteiger partial charge in [-0.2, -0.15) is 0 Å². The number of ketones is 2. The van der Waals surface area contributed by atoms with E-state index in [-0.39, 0.29) is 29.1 Å². The number of Topliss-reactive ketones (excluding diaryl/α,β-unsaturated/α-hetero) is 2. The van der Waals surface area contributed by atoms with Gasteiger partial charge >= 0.3 is 5.97 Å². The van der Waals surface area contributed by atoms with Gasteiger partial charge in [-0.1, -0.05) is 36.4 Å². The molecule has 5 nitrogen and oxygen atoms in total. The third-order valence-corrected chi connectivity index (χ3v) is 4.64. The highest BCUT2D eigenvalue weighted by Gasteiger charge is 2.42. The summed E-state index contributed by atoms with van der Waals surface area (Å²) in [5, 5.41) is 0. The number of fused-ring (bicyclic) bond motifs is 1. The molecule has 0 saturated carbocycles. The van der Waals surface area contributed by atoms with Crippen LogP contribution in [-0.4, -0.2) is 24.1 Å². The van der Waals surface area contributed by atoms with Gasteiger partial charge in [0.15, 0.2) is 11.5 Å². The molecule has 0 amide bonds. The number of carbonyl (C=O) groups excluding carboxylic acids is 3. The van der Waals surface area contributed by atoms with Crippen LogP contribution in [0.2, 0.25) is 0 Å². The number of allylic oxidation sites excluding steroid dienone is 2. The summed E-state index contributed by atoms with van der Waals surface area (Å²) >= 11 is 0. The van der Waals surface area contributed by atoms with E-state index in [1.54, 1.807) is 36.4 Å². The first-order valence-electron chi connectivity index (χ1n) is 8.46. The average molecular weight is 348 g/mol. The molecule has 0 fully saturated rings. The first-order chi connectivity index (χ1) is 12.6. The van der Waals surface area contributed by atoms with Crippen LogP contribution in [-0.2, 0) is 9.53 Å². The zero-order chi connectivity index (χ0) is 18.3. The predicted molar refractivity (Wildman–Crippen MR) is 93.2 cm³/mol. The molecule has 0 radical (unpaired) electrons. The van der Waals surface area contributed by atoms with E-state index in [1.165, 1.54) is 0 Å². The highest BCUT2D eigenvalue weighted by atomic mass is 16.5. The van der Waals surface area contributed by atoms with Gasteiger partial charge in [0.25, 0.3) is 0 Å². The van der Waals surface area contributed by atoms with Gasteiger partial charge in [-0.05, 0) is 24.6 Å². The molecule has 0 spiro atoms. The van der Waals surface area contributed by atoms with E-state index < -0.39 is 17.7 Å². The quantitative estimate of drug-likeness (QED) is 0.795. The van der Waals surface area contributed by atoms with Crippen molar-refractivity contribution in [1.82, 2.24) is 0 Å². The van der Waals surface area contributed by atoms with E-state index in [4.69, 9.17) is 9.47 Å². The maximum absolute atomic E-state index is 13.0. The Hall–Kier alpha value is -3.21. The second-order valence-electron chi connectivity index (χ2n) is 6.18. The number of carbonyl (C=O) groups is 3. The number of hydrogen-bond acceptors (Lipinski definition) is 5. The summed E-state index contributed by atoms with van der Waals surface area (Å²) in [6.45, 7) is 2.44. The molecule has 4 rings (SSSR count). The van der Waals surface area contributed by atoms with E-state index in [2.05, 4.69) is 0 Å². The van der Waals surface area contributed by atoms with Crippen molar-refractivity contribution in [1.29, 1.82) is 0 Å². The van der Waals surface area contributed by atoms with Crippen LogP contribution in [0, 0.1) is 0 Å². The second-order valence-corrected chi connectivity index (χ2v) is 6.18. The minimum absolute atomic E-state index is 0.0218. The van der Waals surface area contributed by atoms with Crippen molar-refractivity contribution < 1.29 is 23.9 Å². The van der Waals surface area contributed by atoms with E-state index >= 15 is 0 Å². The fourth-order valence-electron chi connectivity index (χ4n) is 3.46. The molecule has 0 bridgehead atoms. The maximum Gasteiger partial charge on any atom is 0.312 e. The molecule has 1 aliphatic heterocycles. The van der Waals surface area contributed by atoms with Gasteiger partial charge in [0.05, 0.1) is 18.6 Å². The lowest BCUT2D eigenvalue weighted by Gasteiger charge is -2.30. The summed E-state index contributed by atoms with van der Waals surface area (Å²) in [5.74, 6) is -1.13. The van der Waals surface area contributed by atoms with Crippen molar-refractivity contribution in [2.24, 2.45) is 0 Å². The molecule has 130 valence electrons. The molecule has 26 heavy (non-hydrogen) atoms. The molecule has 0 unspecified atom stereocenters. The molecule has 2 aromatic rings. The fourth-order valence-corrected chi connectivity index (χ4v) is 3.46. The van der Waals surface area contributed by atoms with Crippen LogP contribution >= 0.6 is 0 Å². The van der Waals surface area contributed by atoms with Gasteiger partial charge in [-0.3, -0.25) is 14.4 Å². The lowest BCUT2D eigenvalue weighted by molar-refractivity contribution is -0.140. The monoisotopic (exact) mass is 348 g/mol. The van der Waals surface area contributed by atoms with Gasteiger partial charge in [0.2, 0.25) is 5.78 Å². The van der Waals surface area contributed by atoms with Crippen molar-refractivity contribution in [3.8, 4) is 5.75 Å². The van der Waals surface area contributed by atoms with Gasteiger partial charge in [0.1, 0.15) is 5.75 Å². The third kappa shape index (κ3) is 2.52. The first kappa shape index (κ1) is 16.3. The Kier molecular flexibility index (Phi) is 3.92. The normalized spacial score (nSPS) is 19.0. The summed E-state index contributed by atoms with van der Waals surface area (Å²) in [6.07, 6.45) is 0.0218. The Balaban J connectivity index is 1.81. The SMILES string of the molecule is CCOc1ccc([C@H]2CC(=O)OC3=C2C(=O)c2ccccc2C3=O)cc1. The van der Waals surface area contributed by atoms with Crippen LogP contribution in [0.1, 0.15) is 45.5 Å². The largest absolute Gasteiger partial charge is 0.494 e. The zero-order valence-electron chi connectivity index (χ0n) is 14.2. The maximum atomic E-state index is 13.0. The molecular formula is C21H16O5. The first-order valence-corrected chi connectivity index (χ1v) is 8.46. The standard InChI is InChI=1S/C21H16O5/c1-2-25-13-9-7-12(8-10-13)16-11-17(22)26-21-18(16)19(23)14-5-3-4-6-15(14)20(21)24/h3-10,16H,2,11H2,1H3/t16-/m1/s1. The lowest BCUT2D eigenvalue weighted by atomic mass is 9.77. The van der Waals surface area contributed by atoms with E-state index in [0.29, 0.717) is 17.9 Å². The highest BCUT2D eigenvalue weighted by Crippen LogP contribution is 2.41. The Bertz CT molecular complexity index is 953. The molecule has 2 aliphatic rings. The van der Waals surface area contributed by atoms with Crippen LogP contribution in [0.15, 0.2) is 59.9 Å². The average Bonchev–Trinajstić information content (AvgIpc) is 2.66. The third-order valence-electron chi connectivity index (χ3n) is 4.64. The van der Waals surface area contributed by atoms with Crippen molar-refractivity contribution in [2.75, 3.05) is 6.61 Å². The fraction of sp³-hybridized carbons (Fsp3) is 0.190. The summed E-state index contributed by atoms with van der Waals surface area (Å²) in [5.41, 5.74) is 1.66. The Morgan fingerprint density at radius 2 is 1.62 bits per heavy atom. The van der Waals surface area contributed by atoms with Crippen molar-refractivity contribution >= 4 is 17.5 Å². The summed E-state index contributed by atoms with van der Waals surface area (Å²) < 4.78 is 10.6. The zero-order valence-corrected chi connectivity index (χ0v) is 14.2. The number of ether oxygens (including phenoxy) is 2. The van der Waals surface area contributed by atoms with E-state index in [0.717, 1.165) is 5.56 Å². The van der Waals surface area contributed by atoms with Crippen molar-refractivity contribution in [2.45, 2.75) is 19.3 Å². The number of rotatable bonds is 3. The van der Waals surface area contributed by atoms with Crippen LogP contribution in [0.3, 0.4) is 0 Å². The summed E-state index contributed by atoms with van der Waals surface area (Å²) in [6, 6.07) is 13.8. The predicted octanol–water partition coefficient (Wildman–Crippen LogP) is 3.45. The topological polar surface area (TPSA) is 69.7 Å². The van der Waals surface area contributed by atoms with Gasteiger partial charge < -0.3 is 9.47 Å². The number of hydrogen-bond donors (Lipinski definition) is 0. The van der Waals surface area contributed by atoms with Crippen molar-refractivity contribution in [3.05, 3.63) is 76.6 Å². The molecule has 0 aromatic heterocycles. The van der Waals surface area contributed by atoms with Gasteiger partial charge in [-0.25, -0.2) is 0 Å². The number of esters is 1. The van der Waals surface area contributed by atoms with Crippen LogP contribution in [0.25, 0.3) is 0 Å². The van der Waals surface area contributed by atoms with E-state index in [9.17, 15) is 14.4 Å². The van der Waals surface area contributed by atoms with E-state index in [1.807, 2.05) is 19.1 Å². The van der Waals surface area contributed by atoms with Gasteiger partial charge in [-0.15, -0.1) is 0 Å². The minimum atomic E-state index is -0.511.